The largest absolute Gasteiger partial charge is 0.445 e. The summed E-state index contributed by atoms with van der Waals surface area (Å²) in [6.07, 6.45) is -0.783. The third kappa shape index (κ3) is 8.46. The molecule has 4 N–H and O–H groups in total. The van der Waals surface area contributed by atoms with E-state index < -0.39 is 41.2 Å². The summed E-state index contributed by atoms with van der Waals surface area (Å²) >= 11 is 0. The van der Waals surface area contributed by atoms with Crippen molar-refractivity contribution in [1.29, 1.82) is 0 Å². The van der Waals surface area contributed by atoms with E-state index in [2.05, 4.69) is 5.32 Å². The quantitative estimate of drug-likeness (QED) is 0.458. The Kier molecular flexibility index (Phi) is 8.04. The van der Waals surface area contributed by atoms with Gasteiger partial charge in [-0.15, -0.1) is 0 Å². The van der Waals surface area contributed by atoms with Crippen molar-refractivity contribution in [2.45, 2.75) is 26.2 Å². The molecule has 0 aliphatic heterocycles. The highest BCUT2D eigenvalue weighted by Crippen LogP contribution is 2.43. The highest BCUT2D eigenvalue weighted by Gasteiger charge is 2.35. The molecule has 0 aromatic heterocycles. The number of hydrogen-bond acceptors (Lipinski definition) is 5. The molecule has 1 aromatic carbocycles. The second kappa shape index (κ2) is 9.30. The standard InChI is InChI=1S/C14H23N2O7PS/c1-11(2)13(24(18,19)20)16-25(21,22)9-8-15-14(17)23-10-12-6-4-3-5-7-12/h3-7,11,13,16H,8-10H2,1-2H3,(H,15,17)(H2,18,19,20). The Bertz CT molecular complexity index is 703. The van der Waals surface area contributed by atoms with Crippen molar-refractivity contribution in [2.24, 2.45) is 5.92 Å². The molecule has 142 valence electrons. The van der Waals surface area contributed by atoms with Gasteiger partial charge in [0.2, 0.25) is 10.0 Å². The van der Waals surface area contributed by atoms with Gasteiger partial charge in [0.05, 0.1) is 5.75 Å². The molecular weight excluding hydrogens is 371 g/mol. The minimum absolute atomic E-state index is 0.0469. The Hall–Kier alpha value is -1.45. The summed E-state index contributed by atoms with van der Waals surface area (Å²) in [4.78, 5) is 29.9. The first-order valence-electron chi connectivity index (χ1n) is 7.51. The van der Waals surface area contributed by atoms with Gasteiger partial charge in [-0.3, -0.25) is 4.57 Å². The summed E-state index contributed by atoms with van der Waals surface area (Å²) < 4.78 is 42.1. The van der Waals surface area contributed by atoms with Crippen LogP contribution in [0.25, 0.3) is 0 Å². The van der Waals surface area contributed by atoms with Gasteiger partial charge in [0.25, 0.3) is 0 Å². The molecular formula is C14H23N2O7PS. The highest BCUT2D eigenvalue weighted by molar-refractivity contribution is 7.89. The van der Waals surface area contributed by atoms with Crippen molar-refractivity contribution in [3.05, 3.63) is 35.9 Å². The molecule has 0 spiro atoms. The summed E-state index contributed by atoms with van der Waals surface area (Å²) in [5.41, 5.74) is 0.786. The number of sulfonamides is 1. The van der Waals surface area contributed by atoms with Crippen LogP contribution in [0, 0.1) is 5.92 Å². The molecule has 11 heteroatoms. The molecule has 1 atom stereocenters. The molecule has 0 heterocycles. The summed E-state index contributed by atoms with van der Waals surface area (Å²) in [5.74, 6) is -2.64. The third-order valence-corrected chi connectivity index (χ3v) is 6.13. The van der Waals surface area contributed by atoms with Crippen LogP contribution in [0.3, 0.4) is 0 Å². The molecule has 0 fully saturated rings. The maximum atomic E-state index is 11.9. The van der Waals surface area contributed by atoms with Crippen molar-refractivity contribution < 1.29 is 32.3 Å². The monoisotopic (exact) mass is 394 g/mol. The molecule has 0 bridgehead atoms. The number of carbonyl (C=O) groups is 1. The lowest BCUT2D eigenvalue weighted by atomic mass is 10.2. The van der Waals surface area contributed by atoms with Crippen LogP contribution < -0.4 is 10.0 Å². The number of hydrogen-bond donors (Lipinski definition) is 4. The first kappa shape index (κ1) is 21.6. The molecule has 1 amide bonds. The smallest absolute Gasteiger partial charge is 0.407 e. The van der Waals surface area contributed by atoms with Crippen LogP contribution in [-0.2, 0) is 25.9 Å². The van der Waals surface area contributed by atoms with Crippen LogP contribution in [0.15, 0.2) is 30.3 Å². The zero-order valence-electron chi connectivity index (χ0n) is 14.0. The van der Waals surface area contributed by atoms with Crippen molar-refractivity contribution in [3.63, 3.8) is 0 Å². The zero-order valence-corrected chi connectivity index (χ0v) is 15.7. The van der Waals surface area contributed by atoms with Crippen LogP contribution in [0.1, 0.15) is 19.4 Å². The van der Waals surface area contributed by atoms with E-state index >= 15 is 0 Å². The van der Waals surface area contributed by atoms with Crippen molar-refractivity contribution in [2.75, 3.05) is 12.3 Å². The summed E-state index contributed by atoms with van der Waals surface area (Å²) in [5, 5.41) is 2.28. The van der Waals surface area contributed by atoms with E-state index in [9.17, 15) is 27.6 Å². The Labute approximate surface area is 147 Å². The van der Waals surface area contributed by atoms with E-state index in [1.807, 2.05) is 10.8 Å². The highest BCUT2D eigenvalue weighted by atomic mass is 32.2. The molecule has 9 nitrogen and oxygen atoms in total. The predicted octanol–water partition coefficient (Wildman–Crippen LogP) is 0.992. The first-order valence-corrected chi connectivity index (χ1v) is 10.8. The number of rotatable bonds is 9. The fourth-order valence-electron chi connectivity index (χ4n) is 1.90. The normalized spacial score (nSPS) is 13.5. The predicted molar refractivity (Wildman–Crippen MR) is 92.2 cm³/mol. The third-order valence-electron chi connectivity index (χ3n) is 3.15. The van der Waals surface area contributed by atoms with Gasteiger partial charge in [-0.1, -0.05) is 44.2 Å². The number of alkyl carbamates (subject to hydrolysis) is 1. The van der Waals surface area contributed by atoms with Crippen molar-refractivity contribution >= 4 is 23.7 Å². The van der Waals surface area contributed by atoms with Crippen LogP contribution in [0.5, 0.6) is 0 Å². The maximum Gasteiger partial charge on any atom is 0.407 e. The SMILES string of the molecule is CC(C)C(NS(=O)(=O)CCNC(=O)OCc1ccccc1)P(=O)(O)O. The van der Waals surface area contributed by atoms with E-state index in [-0.39, 0.29) is 13.2 Å². The number of ether oxygens (including phenoxy) is 1. The summed E-state index contributed by atoms with van der Waals surface area (Å²) in [6, 6.07) is 8.96. The van der Waals surface area contributed by atoms with Gasteiger partial charge in [0, 0.05) is 6.54 Å². The first-order chi connectivity index (χ1) is 11.5. The lowest BCUT2D eigenvalue weighted by Gasteiger charge is -2.23. The number of amides is 1. The fraction of sp³-hybridized carbons (Fsp3) is 0.500. The van der Waals surface area contributed by atoms with Gasteiger partial charge in [-0.2, -0.15) is 4.72 Å². The molecule has 25 heavy (non-hydrogen) atoms. The van der Waals surface area contributed by atoms with Crippen LogP contribution in [-0.4, -0.2) is 42.4 Å². The number of carbonyl (C=O) groups excluding carboxylic acids is 1. The Morgan fingerprint density at radius 1 is 1.24 bits per heavy atom. The van der Waals surface area contributed by atoms with E-state index in [4.69, 9.17) is 4.74 Å². The molecule has 0 saturated heterocycles. The topological polar surface area (TPSA) is 142 Å². The van der Waals surface area contributed by atoms with Gasteiger partial charge in [0.1, 0.15) is 12.4 Å². The van der Waals surface area contributed by atoms with Gasteiger partial charge in [-0.05, 0) is 11.5 Å². The average molecular weight is 394 g/mol. The van der Waals surface area contributed by atoms with Gasteiger partial charge in [-0.25, -0.2) is 13.2 Å². The van der Waals surface area contributed by atoms with E-state index in [1.54, 1.807) is 24.3 Å². The zero-order chi connectivity index (χ0) is 19.1. The Morgan fingerprint density at radius 2 is 1.84 bits per heavy atom. The molecule has 0 aliphatic rings. The second-order valence-electron chi connectivity index (χ2n) is 5.70. The summed E-state index contributed by atoms with van der Waals surface area (Å²) in [6.45, 7) is 2.77. The van der Waals surface area contributed by atoms with E-state index in [0.29, 0.717) is 0 Å². The molecule has 0 radical (unpaired) electrons. The van der Waals surface area contributed by atoms with Crippen LogP contribution in [0.4, 0.5) is 4.79 Å². The fourth-order valence-corrected chi connectivity index (χ4v) is 4.83. The lowest BCUT2D eigenvalue weighted by molar-refractivity contribution is 0.140. The van der Waals surface area contributed by atoms with Crippen molar-refractivity contribution in [1.82, 2.24) is 10.0 Å². The van der Waals surface area contributed by atoms with Gasteiger partial charge < -0.3 is 19.8 Å². The minimum atomic E-state index is -4.63. The number of benzene rings is 1. The van der Waals surface area contributed by atoms with E-state index in [1.165, 1.54) is 13.8 Å². The minimum Gasteiger partial charge on any atom is -0.445 e. The number of nitrogens with one attached hydrogen (secondary N) is 2. The second-order valence-corrected chi connectivity index (χ2v) is 9.31. The Balaban J connectivity index is 2.43. The van der Waals surface area contributed by atoms with Gasteiger partial charge >= 0.3 is 13.7 Å². The Morgan fingerprint density at radius 3 is 2.36 bits per heavy atom. The van der Waals surface area contributed by atoms with Crippen LogP contribution >= 0.6 is 7.60 Å². The average Bonchev–Trinajstić information content (AvgIpc) is 2.50. The molecule has 0 aliphatic carbocycles. The lowest BCUT2D eigenvalue weighted by Crippen LogP contribution is -2.42. The molecule has 1 aromatic rings. The van der Waals surface area contributed by atoms with Crippen LogP contribution in [0.2, 0.25) is 0 Å². The van der Waals surface area contributed by atoms with Gasteiger partial charge in [0.15, 0.2) is 0 Å². The molecule has 1 rings (SSSR count). The molecule has 1 unspecified atom stereocenters. The van der Waals surface area contributed by atoms with E-state index in [0.717, 1.165) is 5.56 Å². The van der Waals surface area contributed by atoms with Crippen molar-refractivity contribution in [3.8, 4) is 0 Å². The molecule has 0 saturated carbocycles. The summed E-state index contributed by atoms with van der Waals surface area (Å²) in [7, 11) is -8.61. The maximum absolute atomic E-state index is 11.9.